The van der Waals surface area contributed by atoms with E-state index < -0.39 is 6.10 Å². The van der Waals surface area contributed by atoms with E-state index in [4.69, 9.17) is 32.7 Å². The third-order valence-electron chi connectivity index (χ3n) is 5.34. The highest BCUT2D eigenvalue weighted by molar-refractivity contribution is 6.31. The van der Waals surface area contributed by atoms with Crippen molar-refractivity contribution in [1.82, 2.24) is 4.90 Å². The first-order chi connectivity index (χ1) is 13.0. The predicted octanol–water partition coefficient (Wildman–Crippen LogP) is 4.20. The van der Waals surface area contributed by atoms with Crippen molar-refractivity contribution in [3.8, 4) is 11.5 Å². The quantitative estimate of drug-likeness (QED) is 0.805. The fraction of sp³-hybridized carbons (Fsp3) is 0.429. The number of aliphatic hydroxyl groups is 1. The Morgan fingerprint density at radius 1 is 1.11 bits per heavy atom. The zero-order valence-corrected chi connectivity index (χ0v) is 16.5. The molecule has 1 atom stereocenters. The molecule has 0 amide bonds. The Bertz CT molecular complexity index is 806. The van der Waals surface area contributed by atoms with Crippen LogP contribution in [0.4, 0.5) is 0 Å². The van der Waals surface area contributed by atoms with Crippen LogP contribution < -0.4 is 9.47 Å². The number of aliphatic hydroxyl groups excluding tert-OH is 1. The van der Waals surface area contributed by atoms with E-state index in [-0.39, 0.29) is 12.2 Å². The highest BCUT2D eigenvalue weighted by atomic mass is 35.5. The number of hydrogen-bond donors (Lipinski definition) is 1. The van der Waals surface area contributed by atoms with Gasteiger partial charge in [0.2, 0.25) is 0 Å². The number of hydrogen-bond acceptors (Lipinski definition) is 4. The van der Waals surface area contributed by atoms with E-state index in [0.717, 1.165) is 43.1 Å². The van der Waals surface area contributed by atoms with E-state index in [0.29, 0.717) is 17.3 Å². The van der Waals surface area contributed by atoms with Crippen molar-refractivity contribution in [3.63, 3.8) is 0 Å². The van der Waals surface area contributed by atoms with Crippen LogP contribution >= 0.6 is 23.2 Å². The van der Waals surface area contributed by atoms with Crippen molar-refractivity contribution in [3.05, 3.63) is 58.1 Å². The van der Waals surface area contributed by atoms with Crippen LogP contribution in [0.3, 0.4) is 0 Å². The Morgan fingerprint density at radius 3 is 2.67 bits per heavy atom. The number of fused-ring (bicyclic) bond motifs is 1. The van der Waals surface area contributed by atoms with Crippen molar-refractivity contribution >= 4 is 23.2 Å². The van der Waals surface area contributed by atoms with Crippen LogP contribution in [0.25, 0.3) is 0 Å². The van der Waals surface area contributed by atoms with Crippen molar-refractivity contribution in [2.45, 2.75) is 31.0 Å². The van der Waals surface area contributed by atoms with Gasteiger partial charge in [0, 0.05) is 48.9 Å². The molecule has 1 fully saturated rings. The SMILES string of the molecule is O[C@H](COc1cccc(Cl)c1)CN1CCC2(CC1)Cc1cc(Cl)ccc1O2. The van der Waals surface area contributed by atoms with Crippen LogP contribution in [0.1, 0.15) is 18.4 Å². The molecule has 0 aliphatic carbocycles. The summed E-state index contributed by atoms with van der Waals surface area (Å²) in [7, 11) is 0. The molecule has 2 aliphatic rings. The Balaban J connectivity index is 1.25. The third-order valence-corrected chi connectivity index (χ3v) is 5.81. The van der Waals surface area contributed by atoms with E-state index in [9.17, 15) is 5.11 Å². The van der Waals surface area contributed by atoms with Gasteiger partial charge in [-0.15, -0.1) is 0 Å². The number of nitrogens with zero attached hydrogens (tertiary/aromatic N) is 1. The highest BCUT2D eigenvalue weighted by Crippen LogP contribution is 2.41. The zero-order chi connectivity index (χ0) is 18.9. The number of ether oxygens (including phenoxy) is 2. The van der Waals surface area contributed by atoms with Gasteiger partial charge in [0.05, 0.1) is 0 Å². The first-order valence-electron chi connectivity index (χ1n) is 9.28. The maximum Gasteiger partial charge on any atom is 0.123 e. The lowest BCUT2D eigenvalue weighted by Crippen LogP contribution is -2.49. The minimum Gasteiger partial charge on any atom is -0.491 e. The molecule has 27 heavy (non-hydrogen) atoms. The largest absolute Gasteiger partial charge is 0.491 e. The van der Waals surface area contributed by atoms with E-state index in [1.165, 1.54) is 5.56 Å². The molecule has 0 bridgehead atoms. The minimum absolute atomic E-state index is 0.119. The van der Waals surface area contributed by atoms with Gasteiger partial charge in [-0.2, -0.15) is 0 Å². The van der Waals surface area contributed by atoms with Gasteiger partial charge in [-0.3, -0.25) is 0 Å². The Kier molecular flexibility index (Phi) is 5.51. The molecule has 1 saturated heterocycles. The second kappa shape index (κ2) is 7.88. The van der Waals surface area contributed by atoms with Gasteiger partial charge in [-0.05, 0) is 42.0 Å². The van der Waals surface area contributed by atoms with Gasteiger partial charge < -0.3 is 19.5 Å². The van der Waals surface area contributed by atoms with Gasteiger partial charge in [0.15, 0.2) is 0 Å². The van der Waals surface area contributed by atoms with Crippen LogP contribution in [0, 0.1) is 0 Å². The van der Waals surface area contributed by atoms with Crippen molar-refractivity contribution in [2.75, 3.05) is 26.2 Å². The van der Waals surface area contributed by atoms with E-state index in [2.05, 4.69) is 4.90 Å². The molecule has 2 aliphatic heterocycles. The summed E-state index contributed by atoms with van der Waals surface area (Å²) in [6, 6.07) is 13.1. The smallest absolute Gasteiger partial charge is 0.123 e. The molecule has 2 aromatic carbocycles. The van der Waals surface area contributed by atoms with Crippen LogP contribution in [0.15, 0.2) is 42.5 Å². The lowest BCUT2D eigenvalue weighted by Gasteiger charge is -2.39. The molecule has 2 aromatic rings. The summed E-state index contributed by atoms with van der Waals surface area (Å²) in [5, 5.41) is 11.7. The molecule has 4 rings (SSSR count). The number of halogens is 2. The standard InChI is InChI=1S/C21H23Cl2NO3/c22-16-2-1-3-19(11-16)26-14-18(25)13-24-8-6-21(7-9-24)12-15-10-17(23)4-5-20(15)27-21/h1-5,10-11,18,25H,6-9,12-14H2/t18-/m0/s1. The summed E-state index contributed by atoms with van der Waals surface area (Å²) in [6.07, 6.45) is 2.26. The summed E-state index contributed by atoms with van der Waals surface area (Å²) >= 11 is 12.1. The molecule has 4 nitrogen and oxygen atoms in total. The number of β-amino-alcohol motifs (C(OH)–C–C–N with tert-alkyl or cyclic N) is 1. The first-order valence-corrected chi connectivity index (χ1v) is 10.0. The van der Waals surface area contributed by atoms with Crippen molar-refractivity contribution in [1.29, 1.82) is 0 Å². The van der Waals surface area contributed by atoms with E-state index >= 15 is 0 Å². The number of rotatable bonds is 5. The van der Waals surface area contributed by atoms with Crippen LogP contribution in [-0.2, 0) is 6.42 Å². The fourth-order valence-corrected chi connectivity index (χ4v) is 4.30. The van der Waals surface area contributed by atoms with Crippen molar-refractivity contribution in [2.24, 2.45) is 0 Å². The molecule has 1 spiro atoms. The second-order valence-corrected chi connectivity index (χ2v) is 8.31. The van der Waals surface area contributed by atoms with Gasteiger partial charge in [-0.1, -0.05) is 29.3 Å². The molecule has 0 aromatic heterocycles. The van der Waals surface area contributed by atoms with Gasteiger partial charge in [0.1, 0.15) is 29.8 Å². The Labute approximate surface area is 169 Å². The summed E-state index contributed by atoms with van der Waals surface area (Å²) in [5.41, 5.74) is 1.08. The molecular weight excluding hydrogens is 385 g/mol. The van der Waals surface area contributed by atoms with Crippen LogP contribution in [0.5, 0.6) is 11.5 Å². The van der Waals surface area contributed by atoms with Gasteiger partial charge >= 0.3 is 0 Å². The number of likely N-dealkylation sites (tertiary alicyclic amines) is 1. The monoisotopic (exact) mass is 407 g/mol. The van der Waals surface area contributed by atoms with E-state index in [1.807, 2.05) is 30.3 Å². The molecule has 6 heteroatoms. The summed E-state index contributed by atoms with van der Waals surface area (Å²) in [6.45, 7) is 2.64. The normalized spacial score (nSPS) is 19.5. The molecule has 1 N–H and O–H groups in total. The molecule has 0 saturated carbocycles. The molecule has 144 valence electrons. The lowest BCUT2D eigenvalue weighted by molar-refractivity contribution is -0.00195. The third kappa shape index (κ3) is 4.52. The van der Waals surface area contributed by atoms with Crippen LogP contribution in [-0.4, -0.2) is 48.0 Å². The molecular formula is C21H23Cl2NO3. The first kappa shape index (κ1) is 18.9. The molecule has 0 unspecified atom stereocenters. The van der Waals surface area contributed by atoms with E-state index in [1.54, 1.807) is 12.1 Å². The fourth-order valence-electron chi connectivity index (χ4n) is 3.92. The Morgan fingerprint density at radius 2 is 1.89 bits per heavy atom. The van der Waals surface area contributed by atoms with Crippen LogP contribution in [0.2, 0.25) is 10.0 Å². The number of benzene rings is 2. The molecule has 0 radical (unpaired) electrons. The maximum absolute atomic E-state index is 10.3. The summed E-state index contributed by atoms with van der Waals surface area (Å²) in [5.74, 6) is 1.64. The minimum atomic E-state index is -0.543. The maximum atomic E-state index is 10.3. The highest BCUT2D eigenvalue weighted by Gasteiger charge is 2.42. The van der Waals surface area contributed by atoms with Gasteiger partial charge in [-0.25, -0.2) is 0 Å². The Hall–Kier alpha value is -1.46. The summed E-state index contributed by atoms with van der Waals surface area (Å²) < 4.78 is 11.9. The lowest BCUT2D eigenvalue weighted by atomic mass is 9.87. The van der Waals surface area contributed by atoms with Gasteiger partial charge in [0.25, 0.3) is 0 Å². The van der Waals surface area contributed by atoms with Crippen molar-refractivity contribution < 1.29 is 14.6 Å². The average Bonchev–Trinajstić information content (AvgIpc) is 2.99. The zero-order valence-electron chi connectivity index (χ0n) is 15.0. The molecule has 2 heterocycles. The second-order valence-electron chi connectivity index (χ2n) is 7.44. The topological polar surface area (TPSA) is 41.9 Å². The summed E-state index contributed by atoms with van der Waals surface area (Å²) in [4.78, 5) is 2.27. The number of piperidine rings is 1. The predicted molar refractivity (Wildman–Crippen MR) is 107 cm³/mol. The average molecular weight is 408 g/mol.